The molecule has 0 saturated carbocycles. The minimum atomic E-state index is -1.05. The quantitative estimate of drug-likeness (QED) is 0.880. The standard InChI is InChI=1S/C18H16F2N2O2/c19-15-6-5-14(9-16(15)20)21-17(23)10-18(24)22-8-7-12-3-1-2-4-13(12)11-22/h1-6,9H,7-8,10-11H2,(H,21,23). The molecule has 124 valence electrons. The highest BCUT2D eigenvalue weighted by atomic mass is 19.2. The van der Waals surface area contributed by atoms with E-state index in [1.165, 1.54) is 11.6 Å². The number of nitrogens with one attached hydrogen (secondary N) is 1. The number of rotatable bonds is 3. The first-order valence-electron chi connectivity index (χ1n) is 7.62. The van der Waals surface area contributed by atoms with Crippen LogP contribution in [0.2, 0.25) is 0 Å². The number of fused-ring (bicyclic) bond motifs is 1. The zero-order chi connectivity index (χ0) is 17.1. The lowest BCUT2D eigenvalue weighted by Gasteiger charge is -2.28. The third kappa shape index (κ3) is 3.59. The maximum absolute atomic E-state index is 13.1. The molecule has 0 spiro atoms. The zero-order valence-electron chi connectivity index (χ0n) is 12.9. The number of amides is 2. The van der Waals surface area contributed by atoms with Crippen molar-refractivity contribution in [3.63, 3.8) is 0 Å². The highest BCUT2D eigenvalue weighted by Gasteiger charge is 2.22. The summed E-state index contributed by atoms with van der Waals surface area (Å²) in [6.45, 7) is 1.04. The lowest BCUT2D eigenvalue weighted by molar-refractivity contribution is -0.135. The number of carbonyl (C=O) groups is 2. The van der Waals surface area contributed by atoms with Gasteiger partial charge in [-0.15, -0.1) is 0 Å². The van der Waals surface area contributed by atoms with Crippen LogP contribution in [0, 0.1) is 11.6 Å². The third-order valence-electron chi connectivity index (χ3n) is 4.00. The SMILES string of the molecule is O=C(CC(=O)N1CCc2ccccc2C1)Nc1ccc(F)c(F)c1. The van der Waals surface area contributed by atoms with E-state index in [0.29, 0.717) is 13.1 Å². The summed E-state index contributed by atoms with van der Waals surface area (Å²) in [7, 11) is 0. The summed E-state index contributed by atoms with van der Waals surface area (Å²) in [5.41, 5.74) is 2.42. The van der Waals surface area contributed by atoms with Crippen LogP contribution in [0.5, 0.6) is 0 Å². The largest absolute Gasteiger partial charge is 0.338 e. The van der Waals surface area contributed by atoms with E-state index in [9.17, 15) is 18.4 Å². The van der Waals surface area contributed by atoms with E-state index in [1.807, 2.05) is 24.3 Å². The van der Waals surface area contributed by atoms with Gasteiger partial charge in [-0.25, -0.2) is 8.78 Å². The maximum Gasteiger partial charge on any atom is 0.233 e. The Kier molecular flexibility index (Phi) is 4.55. The molecule has 1 N–H and O–H groups in total. The van der Waals surface area contributed by atoms with Crippen molar-refractivity contribution >= 4 is 17.5 Å². The van der Waals surface area contributed by atoms with Crippen LogP contribution >= 0.6 is 0 Å². The van der Waals surface area contributed by atoms with Crippen LogP contribution in [0.4, 0.5) is 14.5 Å². The number of carbonyl (C=O) groups excluding carboxylic acids is 2. The fraction of sp³-hybridized carbons (Fsp3) is 0.222. The molecule has 24 heavy (non-hydrogen) atoms. The van der Waals surface area contributed by atoms with E-state index < -0.39 is 17.5 Å². The van der Waals surface area contributed by atoms with Gasteiger partial charge < -0.3 is 10.2 Å². The van der Waals surface area contributed by atoms with Crippen molar-refractivity contribution in [1.82, 2.24) is 4.90 Å². The van der Waals surface area contributed by atoms with Gasteiger partial charge in [0, 0.05) is 24.8 Å². The molecular formula is C18H16F2N2O2. The van der Waals surface area contributed by atoms with Crippen LogP contribution in [-0.2, 0) is 22.6 Å². The maximum atomic E-state index is 13.1. The first-order valence-corrected chi connectivity index (χ1v) is 7.62. The highest BCUT2D eigenvalue weighted by Crippen LogP contribution is 2.19. The third-order valence-corrected chi connectivity index (χ3v) is 4.00. The van der Waals surface area contributed by atoms with Crippen LogP contribution < -0.4 is 5.32 Å². The molecule has 0 aromatic heterocycles. The molecule has 0 saturated heterocycles. The van der Waals surface area contributed by atoms with E-state index in [0.717, 1.165) is 24.1 Å². The average Bonchev–Trinajstić information content (AvgIpc) is 2.57. The second-order valence-electron chi connectivity index (χ2n) is 5.69. The van der Waals surface area contributed by atoms with Gasteiger partial charge >= 0.3 is 0 Å². The number of hydrogen-bond donors (Lipinski definition) is 1. The number of halogens is 2. The van der Waals surface area contributed by atoms with Crippen LogP contribution in [-0.4, -0.2) is 23.3 Å². The summed E-state index contributed by atoms with van der Waals surface area (Å²) < 4.78 is 26.0. The van der Waals surface area contributed by atoms with Gasteiger partial charge in [-0.3, -0.25) is 9.59 Å². The average molecular weight is 330 g/mol. The van der Waals surface area contributed by atoms with Gasteiger partial charge in [0.2, 0.25) is 11.8 Å². The van der Waals surface area contributed by atoms with Gasteiger partial charge in [-0.2, -0.15) is 0 Å². The van der Waals surface area contributed by atoms with Crippen LogP contribution in [0.3, 0.4) is 0 Å². The molecule has 1 aliphatic rings. The first kappa shape index (κ1) is 16.1. The van der Waals surface area contributed by atoms with Crippen LogP contribution in [0.1, 0.15) is 17.5 Å². The molecule has 1 heterocycles. The molecule has 0 bridgehead atoms. The van der Waals surface area contributed by atoms with E-state index in [2.05, 4.69) is 5.32 Å². The molecule has 2 amide bonds. The van der Waals surface area contributed by atoms with E-state index in [-0.39, 0.29) is 18.0 Å². The Hall–Kier alpha value is -2.76. The summed E-state index contributed by atoms with van der Waals surface area (Å²) in [5, 5.41) is 2.41. The molecule has 0 radical (unpaired) electrons. The smallest absolute Gasteiger partial charge is 0.233 e. The zero-order valence-corrected chi connectivity index (χ0v) is 12.9. The summed E-state index contributed by atoms with van der Waals surface area (Å²) in [4.78, 5) is 25.8. The fourth-order valence-corrected chi connectivity index (χ4v) is 2.74. The topological polar surface area (TPSA) is 49.4 Å². The van der Waals surface area contributed by atoms with Gasteiger partial charge in [0.1, 0.15) is 6.42 Å². The predicted molar refractivity (Wildman–Crippen MR) is 85.2 cm³/mol. The lowest BCUT2D eigenvalue weighted by atomic mass is 10.00. The Morgan fingerprint density at radius 2 is 1.79 bits per heavy atom. The molecule has 4 nitrogen and oxygen atoms in total. The van der Waals surface area contributed by atoms with Crippen molar-refractivity contribution in [1.29, 1.82) is 0 Å². The van der Waals surface area contributed by atoms with Crippen molar-refractivity contribution in [3.05, 3.63) is 65.2 Å². The van der Waals surface area contributed by atoms with Crippen molar-refractivity contribution in [3.8, 4) is 0 Å². The van der Waals surface area contributed by atoms with Gasteiger partial charge in [0.25, 0.3) is 0 Å². The molecule has 3 rings (SSSR count). The molecule has 0 atom stereocenters. The Balaban J connectivity index is 1.58. The molecule has 0 aliphatic carbocycles. The molecular weight excluding hydrogens is 314 g/mol. The van der Waals surface area contributed by atoms with Crippen LogP contribution in [0.15, 0.2) is 42.5 Å². The van der Waals surface area contributed by atoms with Crippen molar-refractivity contribution in [2.24, 2.45) is 0 Å². The van der Waals surface area contributed by atoms with E-state index >= 15 is 0 Å². The molecule has 2 aromatic rings. The van der Waals surface area contributed by atoms with Crippen molar-refractivity contribution in [2.45, 2.75) is 19.4 Å². The Labute approximate surface area is 138 Å². The van der Waals surface area contributed by atoms with E-state index in [4.69, 9.17) is 0 Å². The summed E-state index contributed by atoms with van der Waals surface area (Å²) in [5.74, 6) is -2.88. The number of benzene rings is 2. The number of nitrogens with zero attached hydrogens (tertiary/aromatic N) is 1. The fourth-order valence-electron chi connectivity index (χ4n) is 2.74. The molecule has 0 unspecified atom stereocenters. The Bertz CT molecular complexity index is 792. The van der Waals surface area contributed by atoms with Gasteiger partial charge in [-0.05, 0) is 29.7 Å². The van der Waals surface area contributed by atoms with Crippen LogP contribution in [0.25, 0.3) is 0 Å². The predicted octanol–water partition coefficient (Wildman–Crippen LogP) is 2.88. The van der Waals surface area contributed by atoms with Crippen molar-refractivity contribution in [2.75, 3.05) is 11.9 Å². The summed E-state index contributed by atoms with van der Waals surface area (Å²) in [6, 6.07) is 10.9. The Morgan fingerprint density at radius 1 is 1.04 bits per heavy atom. The highest BCUT2D eigenvalue weighted by molar-refractivity contribution is 6.03. The van der Waals surface area contributed by atoms with Gasteiger partial charge in [0.05, 0.1) is 0 Å². The molecule has 2 aromatic carbocycles. The van der Waals surface area contributed by atoms with E-state index in [1.54, 1.807) is 4.90 Å². The second-order valence-corrected chi connectivity index (χ2v) is 5.69. The minimum Gasteiger partial charge on any atom is -0.338 e. The molecule has 0 fully saturated rings. The van der Waals surface area contributed by atoms with Gasteiger partial charge in [0.15, 0.2) is 11.6 Å². The van der Waals surface area contributed by atoms with Crippen molar-refractivity contribution < 1.29 is 18.4 Å². The molecule has 1 aliphatic heterocycles. The monoisotopic (exact) mass is 330 g/mol. The summed E-state index contributed by atoms with van der Waals surface area (Å²) >= 11 is 0. The van der Waals surface area contributed by atoms with Gasteiger partial charge in [-0.1, -0.05) is 24.3 Å². The Morgan fingerprint density at radius 3 is 2.54 bits per heavy atom. The lowest BCUT2D eigenvalue weighted by Crippen LogP contribution is -2.37. The number of hydrogen-bond acceptors (Lipinski definition) is 2. The summed E-state index contributed by atoms with van der Waals surface area (Å²) in [6.07, 6.45) is 0.424. The first-order chi connectivity index (χ1) is 11.5. The normalized spacial score (nSPS) is 13.3. The minimum absolute atomic E-state index is 0.121. The second kappa shape index (κ2) is 6.78. The molecule has 6 heteroatoms. The number of anilines is 1.